The first-order valence-electron chi connectivity index (χ1n) is 8.66. The Kier molecular flexibility index (Phi) is 6.37. The molecule has 0 radical (unpaired) electrons. The van der Waals surface area contributed by atoms with Crippen molar-refractivity contribution in [2.75, 3.05) is 13.2 Å². The molecule has 0 aliphatic carbocycles. The van der Waals surface area contributed by atoms with Crippen molar-refractivity contribution in [2.24, 2.45) is 0 Å². The minimum Gasteiger partial charge on any atom is -0.500 e. The van der Waals surface area contributed by atoms with Gasteiger partial charge in [-0.1, -0.05) is 6.92 Å². The van der Waals surface area contributed by atoms with Gasteiger partial charge in [-0.3, -0.25) is 14.9 Å². The maximum atomic E-state index is 12.4. The van der Waals surface area contributed by atoms with Gasteiger partial charge in [0, 0.05) is 23.9 Å². The van der Waals surface area contributed by atoms with E-state index in [9.17, 15) is 20.0 Å². The number of hydrogen-bond donors (Lipinski definition) is 2. The van der Waals surface area contributed by atoms with Crippen molar-refractivity contribution >= 4 is 28.8 Å². The number of thiocarbonyl (C=S) groups is 1. The van der Waals surface area contributed by atoms with Gasteiger partial charge in [0.15, 0.2) is 16.6 Å². The van der Waals surface area contributed by atoms with Gasteiger partial charge in [0.2, 0.25) is 5.75 Å². The van der Waals surface area contributed by atoms with Crippen LogP contribution in [0.25, 0.3) is 0 Å². The van der Waals surface area contributed by atoms with E-state index in [0.29, 0.717) is 28.5 Å². The fourth-order valence-corrected chi connectivity index (χ4v) is 3.51. The molecule has 2 rings (SSSR count). The second-order valence-corrected chi connectivity index (χ2v) is 6.55. The molecular formula is C18H23N3O5S. The van der Waals surface area contributed by atoms with E-state index in [-0.39, 0.29) is 18.1 Å². The highest BCUT2D eigenvalue weighted by Gasteiger charge is 2.34. The molecule has 9 heteroatoms. The lowest BCUT2D eigenvalue weighted by molar-refractivity contribution is -0.386. The SMILES string of the molecule is CCCN1C(=S)NC(c2cc(OCC)c(O)c([N+](=O)[O-])c2)C(C(C)=O)=C1C. The highest BCUT2D eigenvalue weighted by atomic mass is 32.1. The van der Waals surface area contributed by atoms with E-state index < -0.39 is 22.4 Å². The van der Waals surface area contributed by atoms with Crippen LogP contribution < -0.4 is 10.1 Å². The Morgan fingerprint density at radius 1 is 1.44 bits per heavy atom. The van der Waals surface area contributed by atoms with Crippen molar-refractivity contribution in [1.82, 2.24) is 10.2 Å². The molecule has 27 heavy (non-hydrogen) atoms. The molecule has 0 spiro atoms. The number of allylic oxidation sites excluding steroid dienone is 1. The molecule has 0 aromatic heterocycles. The molecule has 1 atom stereocenters. The van der Waals surface area contributed by atoms with Gasteiger partial charge in [0.05, 0.1) is 17.6 Å². The van der Waals surface area contributed by atoms with Crippen LogP contribution in [-0.2, 0) is 4.79 Å². The van der Waals surface area contributed by atoms with E-state index in [1.807, 2.05) is 18.7 Å². The molecule has 0 saturated carbocycles. The van der Waals surface area contributed by atoms with Crippen molar-refractivity contribution in [3.05, 3.63) is 39.1 Å². The van der Waals surface area contributed by atoms with Crippen LogP contribution in [0.2, 0.25) is 0 Å². The number of hydrogen-bond acceptors (Lipinski definition) is 6. The highest BCUT2D eigenvalue weighted by Crippen LogP contribution is 2.41. The summed E-state index contributed by atoms with van der Waals surface area (Å²) in [7, 11) is 0. The van der Waals surface area contributed by atoms with Gasteiger partial charge in [0.1, 0.15) is 0 Å². The predicted molar refractivity (Wildman–Crippen MR) is 105 cm³/mol. The summed E-state index contributed by atoms with van der Waals surface area (Å²) in [5, 5.41) is 25.0. The van der Waals surface area contributed by atoms with E-state index in [1.165, 1.54) is 19.1 Å². The lowest BCUT2D eigenvalue weighted by Gasteiger charge is -2.37. The number of ether oxygens (including phenoxy) is 1. The first-order chi connectivity index (χ1) is 12.7. The summed E-state index contributed by atoms with van der Waals surface area (Å²) in [4.78, 5) is 24.9. The Bertz CT molecular complexity index is 821. The zero-order valence-corrected chi connectivity index (χ0v) is 16.6. The summed E-state index contributed by atoms with van der Waals surface area (Å²) in [6.07, 6.45) is 0.841. The Labute approximate surface area is 163 Å². The van der Waals surface area contributed by atoms with Gasteiger partial charge in [-0.05, 0) is 51.0 Å². The highest BCUT2D eigenvalue weighted by molar-refractivity contribution is 7.80. The summed E-state index contributed by atoms with van der Waals surface area (Å²) in [6.45, 7) is 7.85. The topological polar surface area (TPSA) is 105 Å². The van der Waals surface area contributed by atoms with Crippen molar-refractivity contribution in [3.8, 4) is 11.5 Å². The van der Waals surface area contributed by atoms with E-state index in [0.717, 1.165) is 6.42 Å². The fraction of sp³-hybridized carbons (Fsp3) is 0.444. The number of benzene rings is 1. The monoisotopic (exact) mass is 393 g/mol. The second-order valence-electron chi connectivity index (χ2n) is 6.17. The van der Waals surface area contributed by atoms with Crippen molar-refractivity contribution < 1.29 is 19.6 Å². The van der Waals surface area contributed by atoms with Crippen LogP contribution >= 0.6 is 12.2 Å². The number of carbonyl (C=O) groups is 1. The minimum absolute atomic E-state index is 0.00837. The quantitative estimate of drug-likeness (QED) is 0.413. The molecule has 1 heterocycles. The van der Waals surface area contributed by atoms with Crippen molar-refractivity contribution in [3.63, 3.8) is 0 Å². The number of rotatable bonds is 7. The van der Waals surface area contributed by atoms with Gasteiger partial charge in [-0.25, -0.2) is 0 Å². The first kappa shape index (κ1) is 20.6. The van der Waals surface area contributed by atoms with Crippen LogP contribution in [-0.4, -0.2) is 39.0 Å². The number of carbonyl (C=O) groups excluding carboxylic acids is 1. The average molecular weight is 393 g/mol. The molecule has 1 aliphatic heterocycles. The molecule has 1 aromatic carbocycles. The number of ketones is 1. The number of nitrogens with one attached hydrogen (secondary N) is 1. The lowest BCUT2D eigenvalue weighted by atomic mass is 9.92. The Morgan fingerprint density at radius 3 is 2.63 bits per heavy atom. The lowest BCUT2D eigenvalue weighted by Crippen LogP contribution is -2.47. The van der Waals surface area contributed by atoms with E-state index in [1.54, 1.807) is 6.92 Å². The van der Waals surface area contributed by atoms with Crippen molar-refractivity contribution in [1.29, 1.82) is 0 Å². The number of phenolic OH excluding ortho intramolecular Hbond substituents is 1. The second kappa shape index (κ2) is 8.34. The third kappa shape index (κ3) is 4.02. The molecule has 1 aromatic rings. The van der Waals surface area contributed by atoms with Crippen LogP contribution in [0.3, 0.4) is 0 Å². The molecule has 2 N–H and O–H groups in total. The van der Waals surface area contributed by atoms with Crippen molar-refractivity contribution in [2.45, 2.75) is 40.2 Å². The Balaban J connectivity index is 2.66. The summed E-state index contributed by atoms with van der Waals surface area (Å²) < 4.78 is 5.34. The van der Waals surface area contributed by atoms with Crippen LogP contribution in [0.5, 0.6) is 11.5 Å². The number of Topliss-reactive ketones (excluding diaryl/α,β-unsaturated/α-hetero) is 1. The molecule has 0 bridgehead atoms. The molecule has 146 valence electrons. The van der Waals surface area contributed by atoms with Crippen LogP contribution in [0.4, 0.5) is 5.69 Å². The van der Waals surface area contributed by atoms with Crippen LogP contribution in [0.1, 0.15) is 45.7 Å². The third-order valence-electron chi connectivity index (χ3n) is 4.33. The zero-order valence-electron chi connectivity index (χ0n) is 15.7. The number of nitrogens with zero attached hydrogens (tertiary/aromatic N) is 2. The number of nitro benzene ring substituents is 1. The number of phenols is 1. The Morgan fingerprint density at radius 2 is 2.11 bits per heavy atom. The fourth-order valence-electron chi connectivity index (χ4n) is 3.17. The molecule has 0 saturated heterocycles. The zero-order chi connectivity index (χ0) is 20.3. The first-order valence-corrected chi connectivity index (χ1v) is 9.07. The van der Waals surface area contributed by atoms with Gasteiger partial charge in [-0.2, -0.15) is 0 Å². The molecular weight excluding hydrogens is 370 g/mol. The van der Waals surface area contributed by atoms with Gasteiger partial charge < -0.3 is 20.1 Å². The summed E-state index contributed by atoms with van der Waals surface area (Å²) >= 11 is 5.44. The summed E-state index contributed by atoms with van der Waals surface area (Å²) in [6, 6.07) is 2.07. The molecule has 1 aliphatic rings. The third-order valence-corrected chi connectivity index (χ3v) is 4.67. The molecule has 8 nitrogen and oxygen atoms in total. The average Bonchev–Trinajstić information content (AvgIpc) is 2.59. The Hall–Kier alpha value is -2.68. The van der Waals surface area contributed by atoms with Gasteiger partial charge >= 0.3 is 5.69 Å². The molecule has 0 fully saturated rings. The van der Waals surface area contributed by atoms with E-state index >= 15 is 0 Å². The largest absolute Gasteiger partial charge is 0.500 e. The van der Waals surface area contributed by atoms with Gasteiger partial charge in [0.25, 0.3) is 0 Å². The predicted octanol–water partition coefficient (Wildman–Crippen LogP) is 3.20. The maximum Gasteiger partial charge on any atom is 0.315 e. The summed E-state index contributed by atoms with van der Waals surface area (Å²) in [5.41, 5.74) is 1.12. The summed E-state index contributed by atoms with van der Waals surface area (Å²) in [5.74, 6) is -0.713. The normalized spacial score (nSPS) is 17.0. The standard InChI is InChI=1S/C18H23N3O5S/c1-5-7-20-10(3)15(11(4)22)16(19-18(20)27)12-8-13(21(24)25)17(23)14(9-12)26-6-2/h8-9,16,23H,5-7H2,1-4H3,(H,19,27). The molecule has 1 unspecified atom stereocenters. The number of nitro groups is 1. The smallest absolute Gasteiger partial charge is 0.315 e. The number of aromatic hydroxyl groups is 1. The molecule has 0 amide bonds. The van der Waals surface area contributed by atoms with Crippen LogP contribution in [0, 0.1) is 10.1 Å². The van der Waals surface area contributed by atoms with E-state index in [2.05, 4.69) is 5.32 Å². The van der Waals surface area contributed by atoms with Crippen LogP contribution in [0.15, 0.2) is 23.4 Å². The van der Waals surface area contributed by atoms with E-state index in [4.69, 9.17) is 17.0 Å². The van der Waals surface area contributed by atoms with Gasteiger partial charge in [-0.15, -0.1) is 0 Å². The maximum absolute atomic E-state index is 12.4. The minimum atomic E-state index is -0.685.